The molecule has 0 saturated heterocycles. The number of phosphoric acid groups is 2. The van der Waals surface area contributed by atoms with Crippen molar-refractivity contribution in [1.29, 1.82) is 0 Å². The van der Waals surface area contributed by atoms with E-state index in [4.69, 9.17) is 22.4 Å². The minimum atomic E-state index is -4.75. The molecule has 0 spiro atoms. The van der Waals surface area contributed by atoms with E-state index in [2.05, 4.69) is 27.7 Å². The van der Waals surface area contributed by atoms with Gasteiger partial charge in [0.2, 0.25) is 0 Å². The molecule has 4 rings (SSSR count). The van der Waals surface area contributed by atoms with Crippen LogP contribution in [0.5, 0.6) is 23.0 Å². The Bertz CT molecular complexity index is 1630. The Morgan fingerprint density at radius 3 is 0.667 bits per heavy atom. The van der Waals surface area contributed by atoms with Gasteiger partial charge >= 0.3 is 53.4 Å². The summed E-state index contributed by atoms with van der Waals surface area (Å²) >= 11 is 0. The maximum absolute atomic E-state index is 15.0. The summed E-state index contributed by atoms with van der Waals surface area (Å²) in [5.74, 6) is 1.02. The van der Waals surface area contributed by atoms with Gasteiger partial charge in [-0.25, -0.2) is 9.13 Å². The van der Waals surface area contributed by atoms with E-state index in [-0.39, 0.29) is 60.7 Å². The molecule has 0 fully saturated rings. The van der Waals surface area contributed by atoms with E-state index in [1.54, 1.807) is 48.5 Å². The predicted octanol–water partition coefficient (Wildman–Crippen LogP) is 18.2. The van der Waals surface area contributed by atoms with E-state index in [9.17, 15) is 0 Å². The average Bonchev–Trinajstić information content (AvgIpc) is 3.30. The fourth-order valence-electron chi connectivity index (χ4n) is 8.05. The van der Waals surface area contributed by atoms with Crippen molar-refractivity contribution < 1.29 is 31.5 Å². The number of hydrogen-bond acceptors (Lipinski definition) is 7. The first-order chi connectivity index (χ1) is 31.7. The van der Waals surface area contributed by atoms with Crippen molar-refractivity contribution >= 4 is 53.4 Å². The van der Waals surface area contributed by atoms with Crippen LogP contribution in [-0.2, 0) is 39.1 Å². The summed E-state index contributed by atoms with van der Waals surface area (Å²) in [6, 6.07) is 29.8. The number of phosphoric ester groups is 2. The Hall–Kier alpha value is -2.24. The Morgan fingerprint density at radius 1 is 0.288 bits per heavy atom. The molecule has 0 aliphatic carbocycles. The third-order valence-corrected chi connectivity index (χ3v) is 15.4. The van der Waals surface area contributed by atoms with Gasteiger partial charge < -0.3 is 18.1 Å². The second-order valence-corrected chi connectivity index (χ2v) is 21.2. The molecule has 7 nitrogen and oxygen atoms in total. The van der Waals surface area contributed by atoms with Gasteiger partial charge in [0.1, 0.15) is 23.0 Å². The van der Waals surface area contributed by atoms with Gasteiger partial charge in [-0.05, 0) is 122 Å². The van der Waals surface area contributed by atoms with Crippen LogP contribution < -0.4 is 18.1 Å². The predicted molar refractivity (Wildman–Crippen MR) is 281 cm³/mol. The zero-order valence-corrected chi connectivity index (χ0v) is 42.6. The zero-order chi connectivity index (χ0) is 46.3. The van der Waals surface area contributed by atoms with Crippen molar-refractivity contribution in [2.24, 2.45) is 0 Å². The summed E-state index contributed by atoms with van der Waals surface area (Å²) in [5.41, 5.74) is 4.62. The molecule has 66 heavy (non-hydrogen) atoms. The molecule has 0 aliphatic heterocycles. The van der Waals surface area contributed by atoms with Crippen LogP contribution >= 0.6 is 15.6 Å². The Morgan fingerprint density at radius 2 is 0.470 bits per heavy atom. The zero-order valence-electron chi connectivity index (χ0n) is 40.8. The molecule has 364 valence electrons. The summed E-state index contributed by atoms with van der Waals surface area (Å²) in [4.78, 5) is 0. The fraction of sp³-hybridized carbons (Fsp3) is 0.571. The summed E-state index contributed by atoms with van der Waals surface area (Å²) in [7, 11) is -9.50. The topological polar surface area (TPSA) is 80.3 Å². The van der Waals surface area contributed by atoms with Crippen LogP contribution in [0.1, 0.15) is 204 Å². The normalized spacial score (nSPS) is 11.6. The molecule has 0 radical (unpaired) electrons. The van der Waals surface area contributed by atoms with E-state index in [0.29, 0.717) is 0 Å². The molecule has 0 aromatic heterocycles. The van der Waals surface area contributed by atoms with Crippen LogP contribution in [0.3, 0.4) is 0 Å². The van der Waals surface area contributed by atoms with Gasteiger partial charge in [-0.3, -0.25) is 0 Å². The standard InChI is InChI=1S/C56H84O7P2.Ca.2H/c1-5-9-13-17-21-25-29-49-33-41-53(42-34-49)59-64(57,60-54-43-35-50(36-44-54)30-26-22-18-14-10-6-2)63-65(58,61-55-45-37-51(38-46-55)31-27-23-19-15-11-7-3)62-56-47-39-52(40-48-56)32-28-24-20-16-12-8-4;;;/h33-48H,5-32H2,1-4H3;;;. The van der Waals surface area contributed by atoms with E-state index in [1.807, 2.05) is 48.5 Å². The fourth-order valence-corrected chi connectivity index (χ4v) is 11.2. The molecule has 0 N–H and O–H groups in total. The summed E-state index contributed by atoms with van der Waals surface area (Å²) in [6.07, 6.45) is 33.0. The summed E-state index contributed by atoms with van der Waals surface area (Å²) in [5, 5.41) is 0. The summed E-state index contributed by atoms with van der Waals surface area (Å²) < 4.78 is 60.6. The molecule has 0 amide bonds. The van der Waals surface area contributed by atoms with Gasteiger partial charge in [0.25, 0.3) is 0 Å². The number of benzene rings is 4. The average molecular weight is 973 g/mol. The molecule has 4 aromatic carbocycles. The molecule has 4 aromatic rings. The van der Waals surface area contributed by atoms with E-state index >= 15 is 9.13 Å². The monoisotopic (exact) mass is 973 g/mol. The second-order valence-electron chi connectivity index (χ2n) is 18.0. The van der Waals surface area contributed by atoms with Crippen molar-refractivity contribution in [3.63, 3.8) is 0 Å². The molecule has 0 heterocycles. The molecule has 0 atom stereocenters. The number of rotatable bonds is 38. The third kappa shape index (κ3) is 24.9. The number of hydrogen-bond donors (Lipinski definition) is 0. The molecule has 10 heteroatoms. The van der Waals surface area contributed by atoms with Crippen LogP contribution in [0.15, 0.2) is 97.1 Å². The third-order valence-electron chi connectivity index (χ3n) is 12.0. The van der Waals surface area contributed by atoms with Gasteiger partial charge in [-0.2, -0.15) is 0 Å². The second kappa shape index (κ2) is 35.0. The molecular formula is C56H86CaO7P2. The van der Waals surface area contributed by atoms with Crippen LogP contribution in [0.25, 0.3) is 0 Å². The summed E-state index contributed by atoms with van der Waals surface area (Å²) in [6.45, 7) is 8.93. The van der Waals surface area contributed by atoms with Gasteiger partial charge in [0, 0.05) is 0 Å². The first-order valence-electron chi connectivity index (χ1n) is 25.8. The van der Waals surface area contributed by atoms with Gasteiger partial charge in [0.05, 0.1) is 0 Å². The first-order valence-corrected chi connectivity index (χ1v) is 28.7. The SMILES string of the molecule is CCCCCCCCc1ccc(OP(=O)(Oc2ccc(CCCCCCCC)cc2)OP(=O)(Oc2ccc(CCCCCCCC)cc2)Oc2ccc(CCCCCCCC)cc2)cc1.[CaH2]. The number of unbranched alkanes of at least 4 members (excludes halogenated alkanes) is 20. The van der Waals surface area contributed by atoms with Crippen LogP contribution in [0.4, 0.5) is 0 Å². The van der Waals surface area contributed by atoms with Crippen molar-refractivity contribution in [2.75, 3.05) is 0 Å². The van der Waals surface area contributed by atoms with Crippen molar-refractivity contribution in [1.82, 2.24) is 0 Å². The Kier molecular flexibility index (Phi) is 30.8. The van der Waals surface area contributed by atoms with Gasteiger partial charge in [-0.1, -0.05) is 205 Å². The van der Waals surface area contributed by atoms with Crippen LogP contribution in [-0.4, -0.2) is 37.7 Å². The van der Waals surface area contributed by atoms with E-state index < -0.39 is 15.6 Å². The first kappa shape index (κ1) is 58.1. The van der Waals surface area contributed by atoms with E-state index in [1.165, 1.54) is 128 Å². The van der Waals surface area contributed by atoms with Crippen molar-refractivity contribution in [3.05, 3.63) is 119 Å². The molecular weight excluding hydrogens is 887 g/mol. The van der Waals surface area contributed by atoms with E-state index in [0.717, 1.165) is 73.6 Å². The minimum absolute atomic E-state index is 0. The van der Waals surface area contributed by atoms with Crippen LogP contribution in [0, 0.1) is 0 Å². The quantitative estimate of drug-likeness (QED) is 0.0251. The van der Waals surface area contributed by atoms with Crippen LogP contribution in [0.2, 0.25) is 0 Å². The number of aryl methyl sites for hydroxylation is 4. The maximum atomic E-state index is 15.0. The van der Waals surface area contributed by atoms with Crippen molar-refractivity contribution in [2.45, 2.75) is 207 Å². The molecule has 0 bridgehead atoms. The Balaban J connectivity index is 0.0000116. The van der Waals surface area contributed by atoms with Gasteiger partial charge in [-0.15, -0.1) is 4.31 Å². The van der Waals surface area contributed by atoms with Gasteiger partial charge in [0.15, 0.2) is 0 Å². The Labute approximate surface area is 431 Å². The molecule has 0 saturated carbocycles. The van der Waals surface area contributed by atoms with Crippen molar-refractivity contribution in [3.8, 4) is 23.0 Å². The molecule has 0 aliphatic rings. The molecule has 0 unspecified atom stereocenters.